The lowest BCUT2D eigenvalue weighted by Crippen LogP contribution is -2.39. The van der Waals surface area contributed by atoms with Crippen molar-refractivity contribution >= 4 is 10.9 Å². The Bertz CT molecular complexity index is 608. The van der Waals surface area contributed by atoms with E-state index in [1.54, 1.807) is 0 Å². The SMILES string of the molecule is CN1CCC(Cn2ccc3ccccc32)CC1C#N. The minimum absolute atomic E-state index is 0.0839. The lowest BCUT2D eigenvalue weighted by Gasteiger charge is -2.33. The number of nitriles is 1. The van der Waals surface area contributed by atoms with Gasteiger partial charge in [-0.15, -0.1) is 0 Å². The molecule has 3 rings (SSSR count). The van der Waals surface area contributed by atoms with Crippen molar-refractivity contribution in [2.75, 3.05) is 13.6 Å². The smallest absolute Gasteiger partial charge is 0.0978 e. The molecule has 19 heavy (non-hydrogen) atoms. The highest BCUT2D eigenvalue weighted by Crippen LogP contribution is 2.25. The van der Waals surface area contributed by atoms with Gasteiger partial charge in [0.15, 0.2) is 0 Å². The zero-order valence-corrected chi connectivity index (χ0v) is 11.3. The molecule has 0 N–H and O–H groups in total. The van der Waals surface area contributed by atoms with E-state index in [0.717, 1.165) is 19.5 Å². The van der Waals surface area contributed by atoms with Crippen LogP contribution in [0.3, 0.4) is 0 Å². The van der Waals surface area contributed by atoms with E-state index in [2.05, 4.69) is 59.1 Å². The van der Waals surface area contributed by atoms with Crippen molar-refractivity contribution in [3.05, 3.63) is 36.5 Å². The second-order valence-electron chi connectivity index (χ2n) is 5.54. The quantitative estimate of drug-likeness (QED) is 0.824. The number of fused-ring (bicyclic) bond motifs is 1. The zero-order valence-electron chi connectivity index (χ0n) is 11.3. The van der Waals surface area contributed by atoms with Gasteiger partial charge in [-0.3, -0.25) is 4.90 Å². The van der Waals surface area contributed by atoms with Crippen LogP contribution in [0.5, 0.6) is 0 Å². The third-order valence-electron chi connectivity index (χ3n) is 4.26. The van der Waals surface area contributed by atoms with Crippen molar-refractivity contribution in [3.63, 3.8) is 0 Å². The van der Waals surface area contributed by atoms with E-state index in [9.17, 15) is 5.26 Å². The fourth-order valence-electron chi connectivity index (χ4n) is 3.05. The molecule has 98 valence electrons. The van der Waals surface area contributed by atoms with Gasteiger partial charge >= 0.3 is 0 Å². The Kier molecular flexibility index (Phi) is 3.27. The van der Waals surface area contributed by atoms with Crippen LogP contribution in [0, 0.1) is 17.2 Å². The molecule has 1 saturated heterocycles. The van der Waals surface area contributed by atoms with E-state index >= 15 is 0 Å². The summed E-state index contributed by atoms with van der Waals surface area (Å²) in [4.78, 5) is 2.17. The normalized spacial score (nSPS) is 24.4. The molecule has 1 fully saturated rings. The molecular formula is C16H19N3. The van der Waals surface area contributed by atoms with E-state index in [1.165, 1.54) is 17.3 Å². The molecule has 0 spiro atoms. The van der Waals surface area contributed by atoms with Crippen LogP contribution in [0.2, 0.25) is 0 Å². The van der Waals surface area contributed by atoms with Crippen LogP contribution in [-0.4, -0.2) is 29.1 Å². The molecule has 3 heteroatoms. The van der Waals surface area contributed by atoms with Crippen LogP contribution in [0.1, 0.15) is 12.8 Å². The predicted octanol–water partition coefficient (Wildman–Crippen LogP) is 2.88. The Morgan fingerprint density at radius 3 is 3.00 bits per heavy atom. The van der Waals surface area contributed by atoms with Crippen molar-refractivity contribution in [2.45, 2.75) is 25.4 Å². The predicted molar refractivity (Wildman–Crippen MR) is 76.7 cm³/mol. The summed E-state index contributed by atoms with van der Waals surface area (Å²) in [5, 5.41) is 10.5. The fraction of sp³-hybridized carbons (Fsp3) is 0.438. The molecule has 1 aromatic heterocycles. The third-order valence-corrected chi connectivity index (χ3v) is 4.26. The lowest BCUT2D eigenvalue weighted by atomic mass is 9.91. The number of aromatic nitrogens is 1. The molecule has 1 aliphatic heterocycles. The number of benzene rings is 1. The average Bonchev–Trinajstić information content (AvgIpc) is 2.84. The number of rotatable bonds is 2. The van der Waals surface area contributed by atoms with Crippen molar-refractivity contribution < 1.29 is 0 Å². The molecule has 2 unspecified atom stereocenters. The Morgan fingerprint density at radius 2 is 2.16 bits per heavy atom. The first kappa shape index (κ1) is 12.3. The summed E-state index contributed by atoms with van der Waals surface area (Å²) in [6.07, 6.45) is 4.34. The largest absolute Gasteiger partial charge is 0.347 e. The number of hydrogen-bond donors (Lipinski definition) is 0. The Morgan fingerprint density at radius 1 is 1.32 bits per heavy atom. The van der Waals surface area contributed by atoms with Crippen LogP contribution in [-0.2, 0) is 6.54 Å². The molecule has 2 aromatic rings. The zero-order chi connectivity index (χ0) is 13.2. The van der Waals surface area contributed by atoms with Gasteiger partial charge in [0.1, 0.15) is 0 Å². The monoisotopic (exact) mass is 253 g/mol. The average molecular weight is 253 g/mol. The van der Waals surface area contributed by atoms with Gasteiger partial charge in [0, 0.05) is 18.3 Å². The molecular weight excluding hydrogens is 234 g/mol. The van der Waals surface area contributed by atoms with Gasteiger partial charge in [-0.25, -0.2) is 0 Å². The van der Waals surface area contributed by atoms with Crippen LogP contribution in [0.25, 0.3) is 10.9 Å². The van der Waals surface area contributed by atoms with E-state index < -0.39 is 0 Å². The molecule has 0 saturated carbocycles. The topological polar surface area (TPSA) is 32.0 Å². The Labute approximate surface area is 114 Å². The van der Waals surface area contributed by atoms with Crippen molar-refractivity contribution in [3.8, 4) is 6.07 Å². The molecule has 0 aliphatic carbocycles. The van der Waals surface area contributed by atoms with E-state index in [0.29, 0.717) is 5.92 Å². The minimum atomic E-state index is 0.0839. The number of likely N-dealkylation sites (tertiary alicyclic amines) is 1. The van der Waals surface area contributed by atoms with E-state index in [-0.39, 0.29) is 6.04 Å². The summed E-state index contributed by atoms with van der Waals surface area (Å²) in [6.45, 7) is 2.06. The van der Waals surface area contributed by atoms with Gasteiger partial charge in [-0.2, -0.15) is 5.26 Å². The first-order valence-electron chi connectivity index (χ1n) is 6.91. The second kappa shape index (κ2) is 5.07. The lowest BCUT2D eigenvalue weighted by molar-refractivity contribution is 0.166. The standard InChI is InChI=1S/C16H19N3/c1-18-8-6-13(10-15(18)11-17)12-19-9-7-14-4-2-3-5-16(14)19/h2-5,7,9,13,15H,6,8,10,12H2,1H3. The summed E-state index contributed by atoms with van der Waals surface area (Å²) in [6, 6.07) is 13.2. The highest BCUT2D eigenvalue weighted by Gasteiger charge is 2.26. The summed E-state index contributed by atoms with van der Waals surface area (Å²) >= 11 is 0. The molecule has 1 aromatic carbocycles. The molecule has 1 aliphatic rings. The molecule has 0 bridgehead atoms. The summed E-state index contributed by atoms with van der Waals surface area (Å²) in [5.74, 6) is 0.608. The summed E-state index contributed by atoms with van der Waals surface area (Å²) < 4.78 is 2.33. The number of piperidine rings is 1. The van der Waals surface area contributed by atoms with Gasteiger partial charge in [0.2, 0.25) is 0 Å². The molecule has 2 atom stereocenters. The Balaban J connectivity index is 1.77. The molecule has 0 amide bonds. The second-order valence-corrected chi connectivity index (χ2v) is 5.54. The van der Waals surface area contributed by atoms with Gasteiger partial charge < -0.3 is 4.57 Å². The van der Waals surface area contributed by atoms with E-state index in [1.807, 2.05) is 0 Å². The summed E-state index contributed by atoms with van der Waals surface area (Å²) in [5.41, 5.74) is 1.30. The van der Waals surface area contributed by atoms with Crippen molar-refractivity contribution in [1.29, 1.82) is 5.26 Å². The Hall–Kier alpha value is -1.79. The highest BCUT2D eigenvalue weighted by atomic mass is 15.1. The summed E-state index contributed by atoms with van der Waals surface area (Å²) in [7, 11) is 2.05. The minimum Gasteiger partial charge on any atom is -0.347 e. The van der Waals surface area contributed by atoms with Crippen LogP contribution in [0.4, 0.5) is 0 Å². The molecule has 0 radical (unpaired) electrons. The van der Waals surface area contributed by atoms with Gasteiger partial charge in [-0.1, -0.05) is 18.2 Å². The third kappa shape index (κ3) is 2.36. The van der Waals surface area contributed by atoms with Crippen molar-refractivity contribution in [1.82, 2.24) is 9.47 Å². The molecule has 3 nitrogen and oxygen atoms in total. The first-order chi connectivity index (χ1) is 9.28. The molecule has 2 heterocycles. The van der Waals surface area contributed by atoms with Gasteiger partial charge in [0.25, 0.3) is 0 Å². The van der Waals surface area contributed by atoms with E-state index in [4.69, 9.17) is 0 Å². The maximum atomic E-state index is 9.18. The van der Waals surface area contributed by atoms with Crippen LogP contribution >= 0.6 is 0 Å². The first-order valence-corrected chi connectivity index (χ1v) is 6.91. The maximum Gasteiger partial charge on any atom is 0.0978 e. The van der Waals surface area contributed by atoms with Crippen molar-refractivity contribution in [2.24, 2.45) is 5.92 Å². The number of nitrogens with zero attached hydrogens (tertiary/aromatic N) is 3. The van der Waals surface area contributed by atoms with Crippen LogP contribution < -0.4 is 0 Å². The van der Waals surface area contributed by atoms with Gasteiger partial charge in [-0.05, 0) is 49.9 Å². The number of para-hydroxylation sites is 1. The highest BCUT2D eigenvalue weighted by molar-refractivity contribution is 5.79. The number of hydrogen-bond acceptors (Lipinski definition) is 2. The fourth-order valence-corrected chi connectivity index (χ4v) is 3.05. The van der Waals surface area contributed by atoms with Crippen LogP contribution in [0.15, 0.2) is 36.5 Å². The maximum absolute atomic E-state index is 9.18. The van der Waals surface area contributed by atoms with Gasteiger partial charge in [0.05, 0.1) is 12.1 Å².